The van der Waals surface area contributed by atoms with Crippen molar-refractivity contribution in [1.29, 1.82) is 0 Å². The highest BCUT2D eigenvalue weighted by Gasteiger charge is 2.12. The van der Waals surface area contributed by atoms with E-state index in [4.69, 9.17) is 0 Å². The number of hydrogen-bond acceptors (Lipinski definition) is 3. The molecule has 0 fully saturated rings. The van der Waals surface area contributed by atoms with Gasteiger partial charge in [-0.3, -0.25) is 9.78 Å². The van der Waals surface area contributed by atoms with Crippen molar-refractivity contribution >= 4 is 16.8 Å². The van der Waals surface area contributed by atoms with E-state index < -0.39 is 0 Å². The number of aromatic nitrogens is 3. The number of pyridine rings is 2. The summed E-state index contributed by atoms with van der Waals surface area (Å²) in [5.74, 6) is -0.0741. The maximum atomic E-state index is 12.5. The summed E-state index contributed by atoms with van der Waals surface area (Å²) in [5, 5.41) is 0.915. The van der Waals surface area contributed by atoms with Crippen LogP contribution in [0.4, 0.5) is 0 Å². The molecule has 0 aliphatic carbocycles. The smallest absolute Gasteiger partial charge is 0.196 e. The van der Waals surface area contributed by atoms with Crippen molar-refractivity contribution < 1.29 is 4.79 Å². The summed E-state index contributed by atoms with van der Waals surface area (Å²) in [6.45, 7) is 0. The van der Waals surface area contributed by atoms with Crippen LogP contribution in [0.1, 0.15) is 15.9 Å². The van der Waals surface area contributed by atoms with Crippen molar-refractivity contribution in [2.24, 2.45) is 0 Å². The number of fused-ring (bicyclic) bond motifs is 1. The van der Waals surface area contributed by atoms with Crippen LogP contribution in [0, 0.1) is 0 Å². The highest BCUT2D eigenvalue weighted by molar-refractivity contribution is 6.10. The first-order chi connectivity index (χ1) is 11.3. The molecule has 23 heavy (non-hydrogen) atoms. The van der Waals surface area contributed by atoms with E-state index in [0.717, 1.165) is 22.3 Å². The lowest BCUT2D eigenvalue weighted by Crippen LogP contribution is -2.02. The molecule has 4 heteroatoms. The van der Waals surface area contributed by atoms with E-state index in [1.54, 1.807) is 30.7 Å². The molecule has 0 amide bonds. The Balaban J connectivity index is 1.75. The van der Waals surface area contributed by atoms with Crippen molar-refractivity contribution in [2.45, 2.75) is 0 Å². The van der Waals surface area contributed by atoms with Gasteiger partial charge in [0.25, 0.3) is 0 Å². The molecule has 3 heterocycles. The minimum atomic E-state index is -0.0741. The lowest BCUT2D eigenvalue weighted by Gasteiger charge is -2.00. The Labute approximate surface area is 132 Å². The Bertz CT molecular complexity index is 975. The number of carbonyl (C=O) groups is 1. The van der Waals surface area contributed by atoms with E-state index in [1.165, 1.54) is 0 Å². The molecule has 1 N–H and O–H groups in total. The van der Waals surface area contributed by atoms with E-state index in [9.17, 15) is 4.79 Å². The molecule has 0 saturated heterocycles. The predicted octanol–water partition coefficient (Wildman–Crippen LogP) is 3.86. The van der Waals surface area contributed by atoms with Gasteiger partial charge < -0.3 is 4.98 Å². The average Bonchev–Trinajstić information content (AvgIpc) is 3.06. The number of aromatic amines is 1. The molecule has 0 unspecified atom stereocenters. The summed E-state index contributed by atoms with van der Waals surface area (Å²) in [6.07, 6.45) is 4.82. The Morgan fingerprint density at radius 2 is 1.78 bits per heavy atom. The van der Waals surface area contributed by atoms with Gasteiger partial charge in [-0.1, -0.05) is 30.3 Å². The van der Waals surface area contributed by atoms with Gasteiger partial charge in [-0.15, -0.1) is 0 Å². The number of rotatable bonds is 3. The summed E-state index contributed by atoms with van der Waals surface area (Å²) < 4.78 is 0. The quantitative estimate of drug-likeness (QED) is 0.584. The van der Waals surface area contributed by atoms with Crippen LogP contribution >= 0.6 is 0 Å². The second kappa shape index (κ2) is 5.50. The Morgan fingerprint density at radius 3 is 2.57 bits per heavy atom. The minimum Gasteiger partial charge on any atom is -0.339 e. The van der Waals surface area contributed by atoms with Crippen LogP contribution in [0.3, 0.4) is 0 Å². The predicted molar refractivity (Wildman–Crippen MR) is 89.2 cm³/mol. The van der Waals surface area contributed by atoms with Crippen molar-refractivity contribution in [2.75, 3.05) is 0 Å². The van der Waals surface area contributed by atoms with Crippen molar-refractivity contribution in [3.8, 4) is 11.3 Å². The monoisotopic (exact) mass is 299 g/mol. The summed E-state index contributed by atoms with van der Waals surface area (Å²) in [5.41, 5.74) is 3.97. The van der Waals surface area contributed by atoms with Gasteiger partial charge in [0.15, 0.2) is 5.78 Å². The molecular formula is C19H13N3O. The van der Waals surface area contributed by atoms with E-state index in [2.05, 4.69) is 15.0 Å². The third-order valence-corrected chi connectivity index (χ3v) is 3.74. The van der Waals surface area contributed by atoms with E-state index in [1.807, 2.05) is 42.5 Å². The first-order valence-electron chi connectivity index (χ1n) is 7.30. The van der Waals surface area contributed by atoms with Gasteiger partial charge in [-0.25, -0.2) is 4.98 Å². The number of carbonyl (C=O) groups excluding carboxylic acids is 1. The van der Waals surface area contributed by atoms with E-state index in [0.29, 0.717) is 11.1 Å². The van der Waals surface area contributed by atoms with Gasteiger partial charge in [-0.05, 0) is 29.8 Å². The van der Waals surface area contributed by atoms with Crippen LogP contribution in [-0.4, -0.2) is 20.7 Å². The summed E-state index contributed by atoms with van der Waals surface area (Å²) in [4.78, 5) is 24.1. The summed E-state index contributed by atoms with van der Waals surface area (Å²) in [6, 6.07) is 17.4. The molecule has 4 aromatic rings. The van der Waals surface area contributed by atoms with Crippen molar-refractivity contribution in [1.82, 2.24) is 15.0 Å². The molecule has 110 valence electrons. The zero-order valence-corrected chi connectivity index (χ0v) is 12.2. The molecule has 0 bridgehead atoms. The normalized spacial score (nSPS) is 10.8. The van der Waals surface area contributed by atoms with Crippen LogP contribution in [0.2, 0.25) is 0 Å². The maximum absolute atomic E-state index is 12.5. The molecule has 1 aromatic carbocycles. The third-order valence-electron chi connectivity index (χ3n) is 3.74. The molecule has 0 saturated carbocycles. The van der Waals surface area contributed by atoms with Crippen LogP contribution in [0.25, 0.3) is 22.3 Å². The van der Waals surface area contributed by atoms with Crippen molar-refractivity contribution in [3.63, 3.8) is 0 Å². The molecule has 0 radical (unpaired) electrons. The Kier molecular flexibility index (Phi) is 3.20. The third kappa shape index (κ3) is 2.51. The van der Waals surface area contributed by atoms with Crippen LogP contribution in [0.5, 0.6) is 0 Å². The molecule has 3 aromatic heterocycles. The van der Waals surface area contributed by atoms with Crippen LogP contribution < -0.4 is 0 Å². The molecule has 0 aliphatic heterocycles. The molecule has 0 atom stereocenters. The van der Waals surface area contributed by atoms with Crippen LogP contribution in [-0.2, 0) is 0 Å². The number of H-pyrrole nitrogens is 1. The zero-order chi connectivity index (χ0) is 15.6. The zero-order valence-electron chi connectivity index (χ0n) is 12.2. The first kappa shape index (κ1) is 13.4. The number of ketones is 1. The lowest BCUT2D eigenvalue weighted by atomic mass is 10.1. The van der Waals surface area contributed by atoms with E-state index >= 15 is 0 Å². The fraction of sp³-hybridized carbons (Fsp3) is 0. The SMILES string of the molecule is O=C(c1cccnc1)c1cnc2[nH]c(-c3ccccc3)cc2c1. The minimum absolute atomic E-state index is 0.0741. The standard InChI is InChI=1S/C19H13N3O/c23-18(14-7-4-8-20-11-14)16-9-15-10-17(22-19(15)21-12-16)13-5-2-1-3-6-13/h1-12H,(H,21,22). The highest BCUT2D eigenvalue weighted by atomic mass is 16.1. The molecule has 0 spiro atoms. The van der Waals surface area contributed by atoms with Gasteiger partial charge >= 0.3 is 0 Å². The number of benzene rings is 1. The second-order valence-corrected chi connectivity index (χ2v) is 5.28. The van der Waals surface area contributed by atoms with Crippen LogP contribution in [0.15, 0.2) is 73.2 Å². The summed E-state index contributed by atoms with van der Waals surface area (Å²) in [7, 11) is 0. The average molecular weight is 299 g/mol. The van der Waals surface area contributed by atoms with Gasteiger partial charge in [0.05, 0.1) is 0 Å². The van der Waals surface area contributed by atoms with Crippen molar-refractivity contribution in [3.05, 3.63) is 84.3 Å². The topological polar surface area (TPSA) is 58.6 Å². The highest BCUT2D eigenvalue weighted by Crippen LogP contribution is 2.24. The molecule has 4 nitrogen and oxygen atoms in total. The second-order valence-electron chi connectivity index (χ2n) is 5.28. The maximum Gasteiger partial charge on any atom is 0.196 e. The summed E-state index contributed by atoms with van der Waals surface area (Å²) >= 11 is 0. The van der Waals surface area contributed by atoms with Gasteiger partial charge in [0.2, 0.25) is 0 Å². The Hall–Kier alpha value is -3.27. The van der Waals surface area contributed by atoms with Gasteiger partial charge in [-0.2, -0.15) is 0 Å². The largest absolute Gasteiger partial charge is 0.339 e. The van der Waals surface area contributed by atoms with Gasteiger partial charge in [0.1, 0.15) is 5.65 Å². The van der Waals surface area contributed by atoms with E-state index in [-0.39, 0.29) is 5.78 Å². The lowest BCUT2D eigenvalue weighted by molar-refractivity contribution is 0.103. The molecule has 4 rings (SSSR count). The number of nitrogens with one attached hydrogen (secondary N) is 1. The molecular weight excluding hydrogens is 286 g/mol. The fourth-order valence-electron chi connectivity index (χ4n) is 2.58. The van der Waals surface area contributed by atoms with Gasteiger partial charge in [0, 0.05) is 40.8 Å². The number of hydrogen-bond donors (Lipinski definition) is 1. The Morgan fingerprint density at radius 1 is 0.913 bits per heavy atom. The fourth-order valence-corrected chi connectivity index (χ4v) is 2.58. The number of nitrogens with zero attached hydrogens (tertiary/aromatic N) is 2. The molecule has 0 aliphatic rings. The first-order valence-corrected chi connectivity index (χ1v) is 7.30.